The van der Waals surface area contributed by atoms with Crippen molar-refractivity contribution in [1.82, 2.24) is 4.98 Å². The number of halogens is 1. The zero-order chi connectivity index (χ0) is 15.5. The average Bonchev–Trinajstić information content (AvgIpc) is 3.10. The second kappa shape index (κ2) is 6.76. The van der Waals surface area contributed by atoms with Crippen LogP contribution in [0.3, 0.4) is 0 Å². The highest BCUT2D eigenvalue weighted by Gasteiger charge is 2.16. The van der Waals surface area contributed by atoms with Gasteiger partial charge < -0.3 is 10.4 Å². The molecule has 0 atom stereocenters. The summed E-state index contributed by atoms with van der Waals surface area (Å²) in [5.74, 6) is -0.845. The summed E-state index contributed by atoms with van der Waals surface area (Å²) in [5, 5.41) is 15.0. The van der Waals surface area contributed by atoms with Crippen LogP contribution in [-0.2, 0) is 11.2 Å². The van der Waals surface area contributed by atoms with Crippen molar-refractivity contribution in [2.24, 2.45) is 0 Å². The Labute approximate surface area is 149 Å². The van der Waals surface area contributed by atoms with Crippen LogP contribution < -0.4 is 5.32 Å². The fourth-order valence-electron chi connectivity index (χ4n) is 1.92. The molecule has 0 radical (unpaired) electrons. The number of anilines is 2. The molecule has 0 aliphatic heterocycles. The van der Waals surface area contributed by atoms with Gasteiger partial charge in [0.05, 0.1) is 17.0 Å². The fraction of sp³-hybridized carbons (Fsp3) is 0.0667. The first-order chi connectivity index (χ1) is 10.6. The summed E-state index contributed by atoms with van der Waals surface area (Å²) in [5.41, 5.74) is 1.70. The number of aliphatic carboxylic acids is 1. The number of hydrogen-bond acceptors (Lipinski definition) is 5. The molecule has 112 valence electrons. The van der Waals surface area contributed by atoms with Crippen LogP contribution in [0.15, 0.2) is 41.8 Å². The Morgan fingerprint density at radius 2 is 2.05 bits per heavy atom. The maximum absolute atomic E-state index is 11.1. The standard InChI is InChI=1S/C15H11IN2O2S2/c16-9-3-5-10(6-4-9)17-15-18-14(11-2-1-7-21-11)12(22-15)8-13(19)20/h1-7H,8H2,(H,17,18)(H,19,20). The molecule has 0 spiro atoms. The first-order valence-corrected chi connectivity index (χ1v) is 9.17. The second-order valence-electron chi connectivity index (χ2n) is 4.47. The molecule has 3 rings (SSSR count). The Morgan fingerprint density at radius 3 is 2.68 bits per heavy atom. The Bertz CT molecular complexity index is 782. The van der Waals surface area contributed by atoms with Gasteiger partial charge in [-0.25, -0.2) is 4.98 Å². The van der Waals surface area contributed by atoms with Crippen LogP contribution in [0.1, 0.15) is 4.88 Å². The Balaban J connectivity index is 1.92. The van der Waals surface area contributed by atoms with Crippen LogP contribution in [0.25, 0.3) is 10.6 Å². The number of nitrogens with one attached hydrogen (secondary N) is 1. The van der Waals surface area contributed by atoms with Gasteiger partial charge in [-0.2, -0.15) is 0 Å². The molecule has 2 heterocycles. The SMILES string of the molecule is O=C(O)Cc1sc(Nc2ccc(I)cc2)nc1-c1cccs1. The molecular formula is C15H11IN2O2S2. The van der Waals surface area contributed by atoms with E-state index in [-0.39, 0.29) is 6.42 Å². The molecule has 7 heteroatoms. The largest absolute Gasteiger partial charge is 0.481 e. The number of carboxylic acids is 1. The zero-order valence-electron chi connectivity index (χ0n) is 11.2. The third-order valence-electron chi connectivity index (χ3n) is 2.86. The minimum absolute atomic E-state index is 0.0146. The lowest BCUT2D eigenvalue weighted by Gasteiger charge is -2.01. The molecule has 3 aromatic rings. The topological polar surface area (TPSA) is 62.2 Å². The number of carbonyl (C=O) groups is 1. The fourth-order valence-corrected chi connectivity index (χ4v) is 4.08. The molecule has 1 aromatic carbocycles. The van der Waals surface area contributed by atoms with Crippen molar-refractivity contribution in [3.63, 3.8) is 0 Å². The Hall–Kier alpha value is -1.45. The smallest absolute Gasteiger partial charge is 0.308 e. The molecule has 22 heavy (non-hydrogen) atoms. The number of benzene rings is 1. The van der Waals surface area contributed by atoms with Crippen molar-refractivity contribution in [3.05, 3.63) is 50.2 Å². The highest BCUT2D eigenvalue weighted by Crippen LogP contribution is 2.35. The van der Waals surface area contributed by atoms with Gasteiger partial charge in [0.15, 0.2) is 5.13 Å². The van der Waals surface area contributed by atoms with E-state index in [2.05, 4.69) is 32.9 Å². The van der Waals surface area contributed by atoms with E-state index >= 15 is 0 Å². The van der Waals surface area contributed by atoms with E-state index in [4.69, 9.17) is 5.11 Å². The Kier molecular flexibility index (Phi) is 4.74. The molecule has 0 aliphatic carbocycles. The second-order valence-corrected chi connectivity index (χ2v) is 7.75. The first-order valence-electron chi connectivity index (χ1n) is 6.40. The molecule has 2 aromatic heterocycles. The van der Waals surface area contributed by atoms with Crippen LogP contribution in [0.4, 0.5) is 10.8 Å². The first kappa shape index (κ1) is 15.4. The Morgan fingerprint density at radius 1 is 1.27 bits per heavy atom. The number of aromatic nitrogens is 1. The van der Waals surface area contributed by atoms with E-state index in [1.807, 2.05) is 41.8 Å². The lowest BCUT2D eigenvalue weighted by atomic mass is 10.2. The number of thiophene rings is 1. The third-order valence-corrected chi connectivity index (χ3v) is 5.43. The summed E-state index contributed by atoms with van der Waals surface area (Å²) in [6.45, 7) is 0. The lowest BCUT2D eigenvalue weighted by Crippen LogP contribution is -1.98. The zero-order valence-corrected chi connectivity index (χ0v) is 15.0. The summed E-state index contributed by atoms with van der Waals surface area (Å²) in [4.78, 5) is 17.4. The molecular weight excluding hydrogens is 431 g/mol. The van der Waals surface area contributed by atoms with Gasteiger partial charge in [0, 0.05) is 14.1 Å². The van der Waals surface area contributed by atoms with E-state index in [9.17, 15) is 4.79 Å². The van der Waals surface area contributed by atoms with Crippen LogP contribution in [-0.4, -0.2) is 16.1 Å². The summed E-state index contributed by atoms with van der Waals surface area (Å²) in [6.07, 6.45) is -0.0146. The van der Waals surface area contributed by atoms with Crippen LogP contribution >= 0.6 is 45.3 Å². The van der Waals surface area contributed by atoms with E-state index in [1.165, 1.54) is 11.3 Å². The molecule has 0 amide bonds. The maximum atomic E-state index is 11.1. The minimum Gasteiger partial charge on any atom is -0.481 e. The summed E-state index contributed by atoms with van der Waals surface area (Å²) in [7, 11) is 0. The maximum Gasteiger partial charge on any atom is 0.308 e. The quantitative estimate of drug-likeness (QED) is 0.555. The number of carboxylic acid groups (broad SMARTS) is 1. The molecule has 0 saturated heterocycles. The third kappa shape index (κ3) is 3.65. The molecule has 4 nitrogen and oxygen atoms in total. The van der Waals surface area contributed by atoms with E-state index in [0.717, 1.165) is 24.7 Å². The predicted octanol–water partition coefficient (Wildman–Crippen LogP) is 4.85. The molecule has 0 unspecified atom stereocenters. The van der Waals surface area contributed by atoms with Crippen molar-refractivity contribution in [2.45, 2.75) is 6.42 Å². The molecule has 0 aliphatic rings. The molecule has 2 N–H and O–H groups in total. The number of nitrogens with zero attached hydrogens (tertiary/aromatic N) is 1. The average molecular weight is 442 g/mol. The van der Waals surface area contributed by atoms with Gasteiger partial charge in [-0.15, -0.1) is 22.7 Å². The van der Waals surface area contributed by atoms with Crippen LogP contribution in [0.2, 0.25) is 0 Å². The van der Waals surface area contributed by atoms with Gasteiger partial charge in [-0.3, -0.25) is 4.79 Å². The van der Waals surface area contributed by atoms with E-state index in [0.29, 0.717) is 5.13 Å². The highest BCUT2D eigenvalue weighted by molar-refractivity contribution is 14.1. The van der Waals surface area contributed by atoms with Crippen LogP contribution in [0, 0.1) is 3.57 Å². The summed E-state index contributed by atoms with van der Waals surface area (Å²) < 4.78 is 1.16. The minimum atomic E-state index is -0.845. The lowest BCUT2D eigenvalue weighted by molar-refractivity contribution is -0.136. The van der Waals surface area contributed by atoms with Gasteiger partial charge in [0.2, 0.25) is 0 Å². The van der Waals surface area contributed by atoms with Gasteiger partial charge in [0.1, 0.15) is 0 Å². The normalized spacial score (nSPS) is 10.6. The van der Waals surface area contributed by atoms with Gasteiger partial charge in [0.25, 0.3) is 0 Å². The number of rotatable bonds is 5. The van der Waals surface area contributed by atoms with Gasteiger partial charge in [-0.1, -0.05) is 6.07 Å². The van der Waals surface area contributed by atoms with Gasteiger partial charge in [-0.05, 0) is 58.3 Å². The van der Waals surface area contributed by atoms with Crippen molar-refractivity contribution in [1.29, 1.82) is 0 Å². The number of thiazole rings is 1. The molecule has 0 bridgehead atoms. The molecule has 0 fully saturated rings. The summed E-state index contributed by atoms with van der Waals surface area (Å²) >= 11 is 5.20. The van der Waals surface area contributed by atoms with E-state index < -0.39 is 5.97 Å². The van der Waals surface area contributed by atoms with Crippen LogP contribution in [0.5, 0.6) is 0 Å². The van der Waals surface area contributed by atoms with E-state index in [1.54, 1.807) is 11.3 Å². The van der Waals surface area contributed by atoms with Crippen molar-refractivity contribution < 1.29 is 9.90 Å². The summed E-state index contributed by atoms with van der Waals surface area (Å²) in [6, 6.07) is 11.9. The van der Waals surface area contributed by atoms with Crippen molar-refractivity contribution in [3.8, 4) is 10.6 Å². The molecule has 0 saturated carbocycles. The number of hydrogen-bond donors (Lipinski definition) is 2. The predicted molar refractivity (Wildman–Crippen MR) is 99.2 cm³/mol. The monoisotopic (exact) mass is 442 g/mol. The van der Waals surface area contributed by atoms with Gasteiger partial charge >= 0.3 is 5.97 Å². The van der Waals surface area contributed by atoms with Crippen molar-refractivity contribution >= 4 is 62.1 Å². The highest BCUT2D eigenvalue weighted by atomic mass is 127. The van der Waals surface area contributed by atoms with Crippen molar-refractivity contribution in [2.75, 3.05) is 5.32 Å².